The molecular formula is C23H23N5O4. The smallest absolute Gasteiger partial charge is 0.272 e. The quantitative estimate of drug-likeness (QED) is 0.434. The van der Waals surface area contributed by atoms with Crippen molar-refractivity contribution in [2.24, 2.45) is 5.73 Å². The largest absolute Gasteiger partial charge is 0.385 e. The Hall–Kier alpha value is -3.98. The SMILES string of the molecule is COCCCn1c(C(=O)Nc2ccccc2C(N)=O)cc2c(=O)n3cccc(C)c3nc21. The minimum absolute atomic E-state index is 0.197. The molecule has 0 aliphatic heterocycles. The zero-order valence-electron chi connectivity index (χ0n) is 17.8. The van der Waals surface area contributed by atoms with Crippen molar-refractivity contribution >= 4 is 34.2 Å². The third-order valence-electron chi connectivity index (χ3n) is 5.30. The van der Waals surface area contributed by atoms with Crippen molar-refractivity contribution in [2.75, 3.05) is 19.0 Å². The number of nitrogens with two attached hydrogens (primary N) is 1. The predicted octanol–water partition coefficient (Wildman–Crippen LogP) is 2.35. The highest BCUT2D eigenvalue weighted by atomic mass is 16.5. The fraction of sp³-hybridized carbons (Fsp3) is 0.217. The van der Waals surface area contributed by atoms with Crippen LogP contribution in [0.25, 0.3) is 16.7 Å². The first-order chi connectivity index (χ1) is 15.4. The predicted molar refractivity (Wildman–Crippen MR) is 121 cm³/mol. The number of hydrogen-bond acceptors (Lipinski definition) is 5. The van der Waals surface area contributed by atoms with Gasteiger partial charge in [-0.05, 0) is 43.2 Å². The lowest BCUT2D eigenvalue weighted by molar-refractivity contribution is 0.100. The summed E-state index contributed by atoms with van der Waals surface area (Å²) >= 11 is 0. The van der Waals surface area contributed by atoms with Gasteiger partial charge in [0.2, 0.25) is 0 Å². The Labute approximate surface area is 183 Å². The summed E-state index contributed by atoms with van der Waals surface area (Å²) in [6.07, 6.45) is 2.27. The lowest BCUT2D eigenvalue weighted by Crippen LogP contribution is -2.21. The van der Waals surface area contributed by atoms with Gasteiger partial charge in [-0.15, -0.1) is 0 Å². The number of aryl methyl sites for hydroxylation is 2. The molecule has 3 heterocycles. The lowest BCUT2D eigenvalue weighted by Gasteiger charge is -2.12. The number of anilines is 1. The number of aromatic nitrogens is 3. The van der Waals surface area contributed by atoms with E-state index in [2.05, 4.69) is 5.32 Å². The first kappa shape index (κ1) is 21.3. The minimum Gasteiger partial charge on any atom is -0.385 e. The zero-order chi connectivity index (χ0) is 22.8. The molecule has 9 heteroatoms. The number of ether oxygens (including phenoxy) is 1. The maximum absolute atomic E-state index is 13.2. The molecule has 3 N–H and O–H groups in total. The number of para-hydroxylation sites is 1. The molecule has 0 fully saturated rings. The molecule has 4 aromatic rings. The van der Waals surface area contributed by atoms with Crippen molar-refractivity contribution in [3.63, 3.8) is 0 Å². The van der Waals surface area contributed by atoms with E-state index in [1.54, 1.807) is 42.1 Å². The second-order valence-corrected chi connectivity index (χ2v) is 7.43. The van der Waals surface area contributed by atoms with Crippen LogP contribution in [0, 0.1) is 6.92 Å². The molecule has 9 nitrogen and oxygen atoms in total. The summed E-state index contributed by atoms with van der Waals surface area (Å²) in [5.74, 6) is -1.12. The first-order valence-corrected chi connectivity index (χ1v) is 10.1. The molecule has 0 saturated heterocycles. The molecule has 3 aromatic heterocycles. The van der Waals surface area contributed by atoms with Crippen molar-refractivity contribution < 1.29 is 14.3 Å². The Morgan fingerprint density at radius 3 is 2.69 bits per heavy atom. The van der Waals surface area contributed by atoms with Crippen molar-refractivity contribution in [1.29, 1.82) is 0 Å². The molecule has 0 bridgehead atoms. The average molecular weight is 433 g/mol. The number of pyridine rings is 1. The summed E-state index contributed by atoms with van der Waals surface area (Å²) < 4.78 is 8.34. The van der Waals surface area contributed by atoms with Gasteiger partial charge in [0.1, 0.15) is 17.0 Å². The monoisotopic (exact) mass is 433 g/mol. The third-order valence-corrected chi connectivity index (χ3v) is 5.30. The van der Waals surface area contributed by atoms with E-state index < -0.39 is 11.8 Å². The van der Waals surface area contributed by atoms with Crippen molar-refractivity contribution in [3.8, 4) is 0 Å². The van der Waals surface area contributed by atoms with Crippen LogP contribution in [0.3, 0.4) is 0 Å². The van der Waals surface area contributed by atoms with Crippen LogP contribution in [-0.4, -0.2) is 39.5 Å². The van der Waals surface area contributed by atoms with Crippen LogP contribution < -0.4 is 16.6 Å². The molecule has 32 heavy (non-hydrogen) atoms. The normalized spacial score (nSPS) is 11.2. The van der Waals surface area contributed by atoms with Crippen molar-refractivity contribution in [3.05, 3.63) is 75.8 Å². The molecule has 1 aromatic carbocycles. The fourth-order valence-electron chi connectivity index (χ4n) is 3.74. The molecule has 0 aliphatic carbocycles. The Balaban J connectivity index is 1.87. The molecule has 0 aliphatic rings. The average Bonchev–Trinajstić information content (AvgIpc) is 3.14. The Kier molecular flexibility index (Phi) is 5.74. The highest BCUT2D eigenvalue weighted by Crippen LogP contribution is 2.21. The van der Waals surface area contributed by atoms with Crippen LogP contribution >= 0.6 is 0 Å². The first-order valence-electron chi connectivity index (χ1n) is 10.1. The summed E-state index contributed by atoms with van der Waals surface area (Å²) in [4.78, 5) is 42.8. The van der Waals surface area contributed by atoms with Crippen LogP contribution in [-0.2, 0) is 11.3 Å². The van der Waals surface area contributed by atoms with Crippen LogP contribution in [0.15, 0.2) is 53.5 Å². The van der Waals surface area contributed by atoms with Gasteiger partial charge in [0, 0.05) is 26.5 Å². The van der Waals surface area contributed by atoms with Gasteiger partial charge in [-0.1, -0.05) is 18.2 Å². The van der Waals surface area contributed by atoms with E-state index in [0.717, 1.165) is 5.56 Å². The lowest BCUT2D eigenvalue weighted by atomic mass is 10.1. The summed E-state index contributed by atoms with van der Waals surface area (Å²) in [6, 6.07) is 11.7. The zero-order valence-corrected chi connectivity index (χ0v) is 17.8. The maximum Gasteiger partial charge on any atom is 0.272 e. The van der Waals surface area contributed by atoms with Gasteiger partial charge in [0.25, 0.3) is 17.4 Å². The van der Waals surface area contributed by atoms with Gasteiger partial charge in [0.15, 0.2) is 0 Å². The number of fused-ring (bicyclic) bond motifs is 2. The van der Waals surface area contributed by atoms with Gasteiger partial charge < -0.3 is 20.4 Å². The van der Waals surface area contributed by atoms with Crippen LogP contribution in [0.4, 0.5) is 5.69 Å². The highest BCUT2D eigenvalue weighted by molar-refractivity contribution is 6.09. The highest BCUT2D eigenvalue weighted by Gasteiger charge is 2.21. The van der Waals surface area contributed by atoms with E-state index in [9.17, 15) is 14.4 Å². The van der Waals surface area contributed by atoms with Crippen LogP contribution in [0.5, 0.6) is 0 Å². The standard InChI is InChI=1S/C23H23N5O4/c1-14-7-5-10-28-20(14)26-21-16(23(28)31)13-18(27(21)11-6-12-32-2)22(30)25-17-9-4-3-8-15(17)19(24)29/h3-5,7-10,13H,6,11-12H2,1-2H3,(H2,24,29)(H,25,30). The molecule has 0 unspecified atom stereocenters. The van der Waals surface area contributed by atoms with E-state index in [-0.39, 0.29) is 16.8 Å². The van der Waals surface area contributed by atoms with Gasteiger partial charge in [-0.3, -0.25) is 18.8 Å². The Morgan fingerprint density at radius 2 is 1.94 bits per heavy atom. The fourth-order valence-corrected chi connectivity index (χ4v) is 3.74. The van der Waals surface area contributed by atoms with Crippen molar-refractivity contribution in [1.82, 2.24) is 14.0 Å². The molecule has 164 valence electrons. The van der Waals surface area contributed by atoms with Crippen LogP contribution in [0.1, 0.15) is 32.8 Å². The number of primary amides is 1. The minimum atomic E-state index is -0.650. The van der Waals surface area contributed by atoms with Crippen LogP contribution in [0.2, 0.25) is 0 Å². The number of amides is 2. The molecule has 0 radical (unpaired) electrons. The number of carbonyl (C=O) groups excluding carboxylic acids is 2. The maximum atomic E-state index is 13.2. The van der Waals surface area contributed by atoms with E-state index >= 15 is 0 Å². The topological polar surface area (TPSA) is 121 Å². The van der Waals surface area contributed by atoms with Gasteiger partial charge in [-0.25, -0.2) is 4.98 Å². The number of nitrogens with one attached hydrogen (secondary N) is 1. The summed E-state index contributed by atoms with van der Waals surface area (Å²) in [7, 11) is 1.60. The summed E-state index contributed by atoms with van der Waals surface area (Å²) in [5, 5.41) is 3.08. The molecule has 4 rings (SSSR count). The number of hydrogen-bond donors (Lipinski definition) is 2. The summed E-state index contributed by atoms with van der Waals surface area (Å²) in [6.45, 7) is 2.78. The molecule has 0 atom stereocenters. The summed E-state index contributed by atoms with van der Waals surface area (Å²) in [5.41, 5.74) is 7.72. The second kappa shape index (κ2) is 8.64. The second-order valence-electron chi connectivity index (χ2n) is 7.43. The number of carbonyl (C=O) groups is 2. The van der Waals surface area contributed by atoms with Gasteiger partial charge in [0.05, 0.1) is 16.6 Å². The Bertz CT molecular complexity index is 1400. The molecular weight excluding hydrogens is 410 g/mol. The number of nitrogens with zero attached hydrogens (tertiary/aromatic N) is 3. The number of benzene rings is 1. The third kappa shape index (κ3) is 3.74. The number of rotatable bonds is 7. The van der Waals surface area contributed by atoms with E-state index in [1.165, 1.54) is 16.5 Å². The van der Waals surface area contributed by atoms with Gasteiger partial charge >= 0.3 is 0 Å². The molecule has 0 spiro atoms. The molecule has 2 amide bonds. The van der Waals surface area contributed by atoms with E-state index in [0.29, 0.717) is 41.9 Å². The van der Waals surface area contributed by atoms with E-state index in [1.807, 2.05) is 13.0 Å². The Morgan fingerprint density at radius 1 is 1.16 bits per heavy atom. The van der Waals surface area contributed by atoms with Crippen molar-refractivity contribution in [2.45, 2.75) is 19.9 Å². The number of methoxy groups -OCH3 is 1. The molecule has 0 saturated carbocycles. The van der Waals surface area contributed by atoms with Gasteiger partial charge in [-0.2, -0.15) is 0 Å². The van der Waals surface area contributed by atoms with E-state index in [4.69, 9.17) is 15.5 Å².